The van der Waals surface area contributed by atoms with Gasteiger partial charge >= 0.3 is 0 Å². The van der Waals surface area contributed by atoms with Crippen LogP contribution in [0.5, 0.6) is 5.88 Å². The van der Waals surface area contributed by atoms with Gasteiger partial charge in [0.2, 0.25) is 5.88 Å². The van der Waals surface area contributed by atoms with Crippen LogP contribution >= 0.6 is 15.9 Å². The molecule has 1 heterocycles. The Hall–Kier alpha value is -0.640. The zero-order valence-corrected chi connectivity index (χ0v) is 11.2. The summed E-state index contributed by atoms with van der Waals surface area (Å²) in [4.78, 5) is 8.85. The van der Waals surface area contributed by atoms with E-state index < -0.39 is 0 Å². The van der Waals surface area contributed by atoms with Gasteiger partial charge in [-0.1, -0.05) is 29.8 Å². The highest BCUT2D eigenvalue weighted by Crippen LogP contribution is 2.30. The number of rotatable bonds is 4. The van der Waals surface area contributed by atoms with Crippen molar-refractivity contribution in [3.05, 3.63) is 17.6 Å². The summed E-state index contributed by atoms with van der Waals surface area (Å²) in [5.74, 6) is 1.08. The topological polar surface area (TPSA) is 35.0 Å². The molecule has 1 rings (SSSR count). The third-order valence-electron chi connectivity index (χ3n) is 2.62. The van der Waals surface area contributed by atoms with Crippen molar-refractivity contribution in [2.75, 3.05) is 7.11 Å². The van der Waals surface area contributed by atoms with E-state index in [0.717, 1.165) is 17.7 Å². The third-order valence-corrected chi connectivity index (χ3v) is 3.25. The van der Waals surface area contributed by atoms with Gasteiger partial charge < -0.3 is 4.74 Å². The molecule has 2 atom stereocenters. The summed E-state index contributed by atoms with van der Waals surface area (Å²) >= 11 is 3.62. The lowest BCUT2D eigenvalue weighted by molar-refractivity contribution is 0.391. The van der Waals surface area contributed by atoms with Gasteiger partial charge in [-0.3, -0.25) is 0 Å². The average Bonchev–Trinajstić information content (AvgIpc) is 2.21. The Kier molecular flexibility index (Phi) is 4.51. The molecule has 0 fully saturated rings. The van der Waals surface area contributed by atoms with Crippen molar-refractivity contribution in [2.24, 2.45) is 0 Å². The smallest absolute Gasteiger partial charge is 0.219 e. The molecule has 0 aliphatic rings. The fourth-order valence-corrected chi connectivity index (χ4v) is 2.39. The minimum atomic E-state index is 0.404. The number of halogens is 1. The Morgan fingerprint density at radius 1 is 1.47 bits per heavy atom. The first kappa shape index (κ1) is 12.4. The summed E-state index contributed by atoms with van der Waals surface area (Å²) in [6.07, 6.45) is 2.62. The SMILES string of the molecule is CCC(c1ncnc(OC)c1C)C(C)Br. The molecule has 3 nitrogen and oxygen atoms in total. The van der Waals surface area contributed by atoms with E-state index in [9.17, 15) is 0 Å². The van der Waals surface area contributed by atoms with Crippen LogP contribution in [0.1, 0.15) is 37.4 Å². The van der Waals surface area contributed by atoms with E-state index in [-0.39, 0.29) is 0 Å². The average molecular weight is 273 g/mol. The predicted molar refractivity (Wildman–Crippen MR) is 64.7 cm³/mol. The lowest BCUT2D eigenvalue weighted by Gasteiger charge is -2.19. The number of nitrogens with zero attached hydrogens (tertiary/aromatic N) is 2. The maximum atomic E-state index is 5.19. The number of ether oxygens (including phenoxy) is 1. The van der Waals surface area contributed by atoms with Gasteiger partial charge in [-0.15, -0.1) is 0 Å². The van der Waals surface area contributed by atoms with Crippen molar-refractivity contribution >= 4 is 15.9 Å². The second-order valence-corrected chi connectivity index (χ2v) is 5.03. The molecule has 0 aromatic carbocycles. The molecule has 0 spiro atoms. The third kappa shape index (κ3) is 2.68. The zero-order valence-electron chi connectivity index (χ0n) is 9.62. The van der Waals surface area contributed by atoms with Crippen LogP contribution in [0.25, 0.3) is 0 Å². The highest BCUT2D eigenvalue weighted by atomic mass is 79.9. The maximum Gasteiger partial charge on any atom is 0.219 e. The summed E-state index contributed by atoms with van der Waals surface area (Å²) in [5.41, 5.74) is 2.12. The first-order chi connectivity index (χ1) is 7.11. The van der Waals surface area contributed by atoms with E-state index in [1.165, 1.54) is 0 Å². The zero-order chi connectivity index (χ0) is 11.4. The fraction of sp³-hybridized carbons (Fsp3) is 0.636. The van der Waals surface area contributed by atoms with Crippen LogP contribution in [0.4, 0.5) is 0 Å². The quantitative estimate of drug-likeness (QED) is 0.791. The van der Waals surface area contributed by atoms with E-state index >= 15 is 0 Å². The Bertz CT molecular complexity index is 328. The molecule has 2 unspecified atom stereocenters. The van der Waals surface area contributed by atoms with Gasteiger partial charge in [0.15, 0.2) is 0 Å². The van der Waals surface area contributed by atoms with Gasteiger partial charge in [0.25, 0.3) is 0 Å². The lowest BCUT2D eigenvalue weighted by Crippen LogP contribution is -2.12. The molecule has 0 saturated carbocycles. The van der Waals surface area contributed by atoms with Crippen molar-refractivity contribution in [1.29, 1.82) is 0 Å². The Labute approximate surface area is 99.4 Å². The standard InChI is InChI=1S/C11H17BrN2O/c1-5-9(8(3)12)10-7(2)11(15-4)14-6-13-10/h6,8-9H,5H2,1-4H3. The van der Waals surface area contributed by atoms with Crippen LogP contribution in [0, 0.1) is 6.92 Å². The Morgan fingerprint density at radius 3 is 2.60 bits per heavy atom. The molecule has 4 heteroatoms. The summed E-state index contributed by atoms with van der Waals surface area (Å²) in [5, 5.41) is 0. The monoisotopic (exact) mass is 272 g/mol. The van der Waals surface area contributed by atoms with Crippen LogP contribution in [0.15, 0.2) is 6.33 Å². The second-order valence-electron chi connectivity index (χ2n) is 3.59. The summed E-state index contributed by atoms with van der Waals surface area (Å²) in [6, 6.07) is 0. The molecular formula is C11H17BrN2O. The molecule has 0 aliphatic carbocycles. The van der Waals surface area contributed by atoms with Gasteiger partial charge in [0.05, 0.1) is 12.8 Å². The minimum Gasteiger partial charge on any atom is -0.481 e. The summed E-state index contributed by atoms with van der Waals surface area (Å²) in [7, 11) is 1.64. The molecule has 0 radical (unpaired) electrons. The maximum absolute atomic E-state index is 5.19. The molecule has 0 saturated heterocycles. The van der Waals surface area contributed by atoms with Crippen LogP contribution in [0.3, 0.4) is 0 Å². The normalized spacial score (nSPS) is 14.7. The van der Waals surface area contributed by atoms with Crippen molar-refractivity contribution in [1.82, 2.24) is 9.97 Å². The number of methoxy groups -OCH3 is 1. The lowest BCUT2D eigenvalue weighted by atomic mass is 9.96. The van der Waals surface area contributed by atoms with Gasteiger partial charge in [-0.25, -0.2) is 9.97 Å². The second kappa shape index (κ2) is 5.45. The predicted octanol–water partition coefficient (Wildman–Crippen LogP) is 3.07. The van der Waals surface area contributed by atoms with E-state index in [1.807, 2.05) is 6.92 Å². The summed E-state index contributed by atoms with van der Waals surface area (Å²) < 4.78 is 5.19. The fourth-order valence-electron chi connectivity index (χ4n) is 1.76. The van der Waals surface area contributed by atoms with Crippen LogP contribution in [-0.2, 0) is 0 Å². The van der Waals surface area contributed by atoms with E-state index in [4.69, 9.17) is 4.74 Å². The van der Waals surface area contributed by atoms with Gasteiger partial charge in [0.1, 0.15) is 6.33 Å². The van der Waals surface area contributed by atoms with Crippen molar-refractivity contribution in [3.63, 3.8) is 0 Å². The summed E-state index contributed by atoms with van der Waals surface area (Å²) in [6.45, 7) is 6.31. The molecule has 0 bridgehead atoms. The van der Waals surface area contributed by atoms with Gasteiger partial charge in [-0.05, 0) is 13.3 Å². The minimum absolute atomic E-state index is 0.404. The molecule has 0 amide bonds. The van der Waals surface area contributed by atoms with Gasteiger partial charge in [0, 0.05) is 16.3 Å². The van der Waals surface area contributed by atoms with Crippen molar-refractivity contribution in [2.45, 2.75) is 37.9 Å². The molecular weight excluding hydrogens is 256 g/mol. The number of aromatic nitrogens is 2. The van der Waals surface area contributed by atoms with Crippen molar-refractivity contribution < 1.29 is 4.74 Å². The Morgan fingerprint density at radius 2 is 2.13 bits per heavy atom. The van der Waals surface area contributed by atoms with Crippen LogP contribution in [-0.4, -0.2) is 21.9 Å². The molecule has 0 N–H and O–H groups in total. The van der Waals surface area contributed by atoms with E-state index in [2.05, 4.69) is 39.7 Å². The molecule has 1 aromatic rings. The van der Waals surface area contributed by atoms with Crippen LogP contribution < -0.4 is 4.74 Å². The largest absolute Gasteiger partial charge is 0.481 e. The number of hydrogen-bond donors (Lipinski definition) is 0. The van der Waals surface area contributed by atoms with Crippen molar-refractivity contribution in [3.8, 4) is 5.88 Å². The molecule has 84 valence electrons. The van der Waals surface area contributed by atoms with E-state index in [1.54, 1.807) is 13.4 Å². The van der Waals surface area contributed by atoms with Crippen LogP contribution in [0.2, 0.25) is 0 Å². The first-order valence-electron chi connectivity index (χ1n) is 5.11. The molecule has 1 aromatic heterocycles. The highest BCUT2D eigenvalue weighted by Gasteiger charge is 2.20. The highest BCUT2D eigenvalue weighted by molar-refractivity contribution is 9.09. The molecule has 0 aliphatic heterocycles. The number of alkyl halides is 1. The first-order valence-corrected chi connectivity index (χ1v) is 6.02. The molecule has 15 heavy (non-hydrogen) atoms. The van der Waals surface area contributed by atoms with Gasteiger partial charge in [-0.2, -0.15) is 0 Å². The van der Waals surface area contributed by atoms with E-state index in [0.29, 0.717) is 16.6 Å². The Balaban J connectivity index is 3.12. The number of hydrogen-bond acceptors (Lipinski definition) is 3.